The van der Waals surface area contributed by atoms with Crippen molar-refractivity contribution < 1.29 is 19.9 Å². The molecular weight excluding hydrogens is 230 g/mol. The smallest absolute Gasteiger partial charge is 0.330 e. The molecule has 0 heterocycles. The molecule has 8 nitrogen and oxygen atoms in total. The SMILES string of the molecule is CC(N=Nc1ccc(O)cc1[N+](=O)[O-])C(=O)O. The summed E-state index contributed by atoms with van der Waals surface area (Å²) in [5, 5.41) is 35.2. The molecule has 0 spiro atoms. The summed E-state index contributed by atoms with van der Waals surface area (Å²) in [5.74, 6) is -1.46. The number of azo groups is 1. The van der Waals surface area contributed by atoms with E-state index in [0.717, 1.165) is 6.07 Å². The fraction of sp³-hybridized carbons (Fsp3) is 0.222. The third-order valence-corrected chi connectivity index (χ3v) is 1.85. The van der Waals surface area contributed by atoms with Crippen molar-refractivity contribution in [3.05, 3.63) is 28.3 Å². The van der Waals surface area contributed by atoms with Gasteiger partial charge in [-0.05, 0) is 19.1 Å². The number of nitro benzene ring substituents is 1. The van der Waals surface area contributed by atoms with Crippen molar-refractivity contribution in [2.75, 3.05) is 0 Å². The summed E-state index contributed by atoms with van der Waals surface area (Å²) in [6, 6.07) is 2.21. The Morgan fingerprint density at radius 1 is 1.53 bits per heavy atom. The van der Waals surface area contributed by atoms with Crippen molar-refractivity contribution in [1.82, 2.24) is 0 Å². The van der Waals surface area contributed by atoms with Gasteiger partial charge in [-0.1, -0.05) is 0 Å². The highest BCUT2D eigenvalue weighted by molar-refractivity contribution is 5.73. The van der Waals surface area contributed by atoms with Crippen LogP contribution in [0.5, 0.6) is 5.75 Å². The van der Waals surface area contributed by atoms with Crippen LogP contribution in [-0.4, -0.2) is 27.1 Å². The molecule has 0 bridgehead atoms. The molecule has 1 aromatic carbocycles. The topological polar surface area (TPSA) is 125 Å². The van der Waals surface area contributed by atoms with Crippen LogP contribution in [0.25, 0.3) is 0 Å². The maximum atomic E-state index is 10.6. The molecule has 0 aromatic heterocycles. The van der Waals surface area contributed by atoms with Gasteiger partial charge in [-0.2, -0.15) is 5.11 Å². The Morgan fingerprint density at radius 3 is 2.71 bits per heavy atom. The lowest BCUT2D eigenvalue weighted by Crippen LogP contribution is -2.11. The Bertz CT molecular complexity index is 486. The zero-order chi connectivity index (χ0) is 13.0. The predicted molar refractivity (Wildman–Crippen MR) is 56.4 cm³/mol. The van der Waals surface area contributed by atoms with Crippen molar-refractivity contribution in [1.29, 1.82) is 0 Å². The van der Waals surface area contributed by atoms with Crippen molar-refractivity contribution in [2.45, 2.75) is 13.0 Å². The van der Waals surface area contributed by atoms with E-state index < -0.39 is 22.6 Å². The van der Waals surface area contributed by atoms with E-state index in [1.165, 1.54) is 19.1 Å². The third kappa shape index (κ3) is 3.23. The second-order valence-corrected chi connectivity index (χ2v) is 3.16. The Hall–Kier alpha value is -2.51. The van der Waals surface area contributed by atoms with Gasteiger partial charge in [0.05, 0.1) is 11.0 Å². The van der Waals surface area contributed by atoms with Crippen LogP contribution in [0.2, 0.25) is 0 Å². The van der Waals surface area contributed by atoms with E-state index in [0.29, 0.717) is 0 Å². The quantitative estimate of drug-likeness (QED) is 0.471. The molecule has 0 saturated heterocycles. The third-order valence-electron chi connectivity index (χ3n) is 1.85. The minimum Gasteiger partial charge on any atom is -0.508 e. The van der Waals surface area contributed by atoms with E-state index in [4.69, 9.17) is 10.2 Å². The fourth-order valence-electron chi connectivity index (χ4n) is 0.941. The molecule has 1 unspecified atom stereocenters. The Balaban J connectivity index is 3.06. The molecule has 1 atom stereocenters. The zero-order valence-corrected chi connectivity index (χ0v) is 8.77. The van der Waals surface area contributed by atoms with Gasteiger partial charge in [-0.25, -0.2) is 4.79 Å². The summed E-state index contributed by atoms with van der Waals surface area (Å²) >= 11 is 0. The van der Waals surface area contributed by atoms with Gasteiger partial charge in [-0.15, -0.1) is 5.11 Å². The number of carbonyl (C=O) groups is 1. The molecule has 0 fully saturated rings. The van der Waals surface area contributed by atoms with Gasteiger partial charge >= 0.3 is 5.97 Å². The minimum atomic E-state index is -1.19. The number of aliphatic carboxylic acids is 1. The Labute approximate surface area is 95.4 Å². The van der Waals surface area contributed by atoms with Crippen LogP contribution in [0, 0.1) is 10.1 Å². The minimum absolute atomic E-state index is 0.110. The molecule has 0 aliphatic heterocycles. The molecule has 17 heavy (non-hydrogen) atoms. The summed E-state index contributed by atoms with van der Waals surface area (Å²) in [6.07, 6.45) is 0. The largest absolute Gasteiger partial charge is 0.508 e. The summed E-state index contributed by atoms with van der Waals surface area (Å²) < 4.78 is 0. The number of phenolic OH excluding ortho intramolecular Hbond substituents is 1. The molecule has 1 aromatic rings. The summed E-state index contributed by atoms with van der Waals surface area (Å²) in [4.78, 5) is 20.4. The van der Waals surface area contributed by atoms with E-state index in [1.54, 1.807) is 0 Å². The maximum Gasteiger partial charge on any atom is 0.330 e. The van der Waals surface area contributed by atoms with Gasteiger partial charge in [0.15, 0.2) is 11.7 Å². The number of carboxylic acids is 1. The average Bonchev–Trinajstić information content (AvgIpc) is 2.26. The first-order valence-electron chi connectivity index (χ1n) is 4.53. The van der Waals surface area contributed by atoms with Gasteiger partial charge in [0.25, 0.3) is 5.69 Å². The first kappa shape index (κ1) is 12.6. The number of rotatable bonds is 4. The average molecular weight is 239 g/mol. The molecule has 0 saturated carbocycles. The predicted octanol–water partition coefficient (Wildman–Crippen LogP) is 1.86. The molecule has 0 radical (unpaired) electrons. The van der Waals surface area contributed by atoms with Gasteiger partial charge in [-0.3, -0.25) is 10.1 Å². The number of carboxylic acid groups (broad SMARTS) is 1. The lowest BCUT2D eigenvalue weighted by molar-refractivity contribution is -0.384. The van der Waals surface area contributed by atoms with E-state index in [-0.39, 0.29) is 11.4 Å². The molecule has 0 aliphatic rings. The lowest BCUT2D eigenvalue weighted by Gasteiger charge is -1.99. The number of hydrogen-bond acceptors (Lipinski definition) is 6. The van der Waals surface area contributed by atoms with Gasteiger partial charge in [0, 0.05) is 0 Å². The van der Waals surface area contributed by atoms with Gasteiger partial charge < -0.3 is 10.2 Å². The molecule has 0 amide bonds. The van der Waals surface area contributed by atoms with Crippen LogP contribution >= 0.6 is 0 Å². The fourth-order valence-corrected chi connectivity index (χ4v) is 0.941. The normalized spacial score (nSPS) is 12.5. The highest BCUT2D eigenvalue weighted by Gasteiger charge is 2.15. The number of aromatic hydroxyl groups is 1. The van der Waals surface area contributed by atoms with Crippen LogP contribution in [-0.2, 0) is 4.79 Å². The first-order chi connectivity index (χ1) is 7.91. The van der Waals surface area contributed by atoms with Crippen molar-refractivity contribution >= 4 is 17.3 Å². The summed E-state index contributed by atoms with van der Waals surface area (Å²) in [5.41, 5.74) is -0.549. The summed E-state index contributed by atoms with van der Waals surface area (Å²) in [6.45, 7) is 1.29. The second kappa shape index (κ2) is 5.01. The Morgan fingerprint density at radius 2 is 2.18 bits per heavy atom. The number of benzene rings is 1. The molecule has 1 rings (SSSR count). The molecule has 90 valence electrons. The highest BCUT2D eigenvalue weighted by atomic mass is 16.6. The molecule has 8 heteroatoms. The number of nitrogens with zero attached hydrogens (tertiary/aromatic N) is 3. The second-order valence-electron chi connectivity index (χ2n) is 3.16. The van der Waals surface area contributed by atoms with E-state index in [1.807, 2.05) is 0 Å². The number of phenols is 1. The van der Waals surface area contributed by atoms with E-state index >= 15 is 0 Å². The highest BCUT2D eigenvalue weighted by Crippen LogP contribution is 2.31. The van der Waals surface area contributed by atoms with Gasteiger partial charge in [0.2, 0.25) is 0 Å². The lowest BCUT2D eigenvalue weighted by atomic mass is 10.2. The standard InChI is InChI=1S/C9H9N3O5/c1-5(9(14)15)10-11-7-3-2-6(13)4-8(7)12(16)17/h2-5,13H,1H3,(H,14,15). The maximum absolute atomic E-state index is 10.6. The van der Waals surface area contributed by atoms with Crippen LogP contribution in [0.15, 0.2) is 28.4 Å². The number of hydrogen-bond donors (Lipinski definition) is 2. The van der Waals surface area contributed by atoms with Crippen LogP contribution in [0.4, 0.5) is 11.4 Å². The van der Waals surface area contributed by atoms with Crippen LogP contribution in [0.3, 0.4) is 0 Å². The molecular formula is C9H9N3O5. The Kier molecular flexibility index (Phi) is 3.70. The van der Waals surface area contributed by atoms with E-state index in [9.17, 15) is 14.9 Å². The monoisotopic (exact) mass is 239 g/mol. The first-order valence-corrected chi connectivity index (χ1v) is 4.53. The van der Waals surface area contributed by atoms with Crippen LogP contribution in [0.1, 0.15) is 6.92 Å². The van der Waals surface area contributed by atoms with Gasteiger partial charge in [0.1, 0.15) is 5.75 Å². The van der Waals surface area contributed by atoms with Crippen molar-refractivity contribution in [3.63, 3.8) is 0 Å². The number of nitro groups is 1. The summed E-state index contributed by atoms with van der Waals surface area (Å²) in [7, 11) is 0. The molecule has 0 aliphatic carbocycles. The van der Waals surface area contributed by atoms with E-state index in [2.05, 4.69) is 10.2 Å². The molecule has 2 N–H and O–H groups in total. The zero-order valence-electron chi connectivity index (χ0n) is 8.77. The van der Waals surface area contributed by atoms with Crippen LogP contribution < -0.4 is 0 Å². The van der Waals surface area contributed by atoms with Crippen molar-refractivity contribution in [2.24, 2.45) is 10.2 Å². The van der Waals surface area contributed by atoms with Crippen molar-refractivity contribution in [3.8, 4) is 5.75 Å².